The number of furan rings is 1. The molecule has 0 saturated heterocycles. The molecule has 0 amide bonds. The van der Waals surface area contributed by atoms with Crippen LogP contribution in [0.5, 0.6) is 0 Å². The molecule has 0 saturated carbocycles. The first-order valence-electron chi connectivity index (χ1n) is 2.72. The molecule has 64 valence electrons. The van der Waals surface area contributed by atoms with E-state index in [9.17, 15) is 0 Å². The lowest BCUT2D eigenvalue weighted by molar-refractivity contribution is 0.247. The van der Waals surface area contributed by atoms with Crippen LogP contribution in [0, 0.1) is 0 Å². The largest absolute Gasteiger partial charge is 0.467 e. The fourth-order valence-electron chi connectivity index (χ4n) is 0.403. The first kappa shape index (κ1) is 11.1. The molecule has 1 rings (SSSR count). The molecule has 0 aliphatic heterocycles. The SMILES string of the molecule is ClC(Cl)Cl.OCc1ccco1. The van der Waals surface area contributed by atoms with Crippen LogP contribution in [-0.2, 0) is 6.61 Å². The van der Waals surface area contributed by atoms with E-state index < -0.39 is 4.30 Å². The van der Waals surface area contributed by atoms with E-state index in [1.807, 2.05) is 0 Å². The van der Waals surface area contributed by atoms with Crippen LogP contribution in [0.2, 0.25) is 0 Å². The van der Waals surface area contributed by atoms with Gasteiger partial charge in [0, 0.05) is 0 Å². The summed E-state index contributed by atoms with van der Waals surface area (Å²) in [7, 11) is 0. The van der Waals surface area contributed by atoms with E-state index in [0.717, 1.165) is 0 Å². The maximum atomic E-state index is 8.33. The lowest BCUT2D eigenvalue weighted by atomic mass is 10.5. The van der Waals surface area contributed by atoms with E-state index in [0.29, 0.717) is 5.76 Å². The van der Waals surface area contributed by atoms with Gasteiger partial charge in [-0.3, -0.25) is 0 Å². The molecule has 1 heterocycles. The van der Waals surface area contributed by atoms with Crippen molar-refractivity contribution in [1.29, 1.82) is 0 Å². The van der Waals surface area contributed by atoms with Crippen molar-refractivity contribution in [3.8, 4) is 0 Å². The zero-order valence-electron chi connectivity index (χ0n) is 5.51. The number of rotatable bonds is 1. The second-order valence-electron chi connectivity index (χ2n) is 1.48. The highest BCUT2D eigenvalue weighted by molar-refractivity contribution is 6.63. The van der Waals surface area contributed by atoms with Crippen molar-refractivity contribution >= 4 is 34.8 Å². The second kappa shape index (κ2) is 6.80. The van der Waals surface area contributed by atoms with Gasteiger partial charge in [-0.2, -0.15) is 0 Å². The molecule has 0 bridgehead atoms. The third-order valence-corrected chi connectivity index (χ3v) is 0.736. The fraction of sp³-hybridized carbons (Fsp3) is 0.333. The molecular weight excluding hydrogens is 210 g/mol. The number of hydrogen-bond acceptors (Lipinski definition) is 2. The Hall–Kier alpha value is 0.110. The Bertz CT molecular complexity index is 160. The van der Waals surface area contributed by atoms with Crippen LogP contribution in [0.15, 0.2) is 22.8 Å². The van der Waals surface area contributed by atoms with Gasteiger partial charge in [0.25, 0.3) is 0 Å². The van der Waals surface area contributed by atoms with E-state index in [4.69, 9.17) is 44.3 Å². The van der Waals surface area contributed by atoms with Gasteiger partial charge >= 0.3 is 0 Å². The fourth-order valence-corrected chi connectivity index (χ4v) is 0.403. The Labute approximate surface area is 79.7 Å². The predicted octanol–water partition coefficient (Wildman–Crippen LogP) is 2.76. The molecular formula is C6H7Cl3O2. The minimum absolute atomic E-state index is 0.00694. The van der Waals surface area contributed by atoms with Crippen LogP contribution in [0.4, 0.5) is 0 Å². The Balaban J connectivity index is 0.000000218. The Morgan fingerprint density at radius 2 is 2.00 bits per heavy atom. The standard InChI is InChI=1S/C5H6O2.CHCl3/c6-4-5-2-1-3-7-5;2-1(3)4/h1-3,6H,4H2;1H. The quantitative estimate of drug-likeness (QED) is 0.734. The van der Waals surface area contributed by atoms with Crippen LogP contribution < -0.4 is 0 Å². The molecule has 0 atom stereocenters. The van der Waals surface area contributed by atoms with Gasteiger partial charge in [0.1, 0.15) is 12.4 Å². The summed E-state index contributed by atoms with van der Waals surface area (Å²) < 4.78 is 3.98. The number of aliphatic hydroxyl groups is 1. The summed E-state index contributed by atoms with van der Waals surface area (Å²) in [6.45, 7) is -0.00694. The van der Waals surface area contributed by atoms with Crippen LogP contribution in [0.1, 0.15) is 5.76 Å². The zero-order chi connectivity index (χ0) is 8.69. The number of halogens is 3. The van der Waals surface area contributed by atoms with Crippen molar-refractivity contribution in [2.24, 2.45) is 0 Å². The van der Waals surface area contributed by atoms with Crippen molar-refractivity contribution in [2.45, 2.75) is 10.9 Å². The summed E-state index contributed by atoms with van der Waals surface area (Å²) >= 11 is 14.4. The lowest BCUT2D eigenvalue weighted by Crippen LogP contribution is -1.72. The summed E-state index contributed by atoms with van der Waals surface area (Å²) in [5, 5.41) is 8.33. The third kappa shape index (κ3) is 8.01. The van der Waals surface area contributed by atoms with Crippen LogP contribution in [0.25, 0.3) is 0 Å². The summed E-state index contributed by atoms with van der Waals surface area (Å²) in [6.07, 6.45) is 1.53. The van der Waals surface area contributed by atoms with E-state index in [2.05, 4.69) is 0 Å². The van der Waals surface area contributed by atoms with Gasteiger partial charge in [-0.25, -0.2) is 0 Å². The number of alkyl halides is 3. The summed E-state index contributed by atoms with van der Waals surface area (Å²) in [5.74, 6) is 0.611. The Morgan fingerprint density at radius 3 is 2.18 bits per heavy atom. The average Bonchev–Trinajstić information content (AvgIpc) is 2.36. The van der Waals surface area contributed by atoms with E-state index >= 15 is 0 Å². The molecule has 0 aromatic carbocycles. The molecule has 0 spiro atoms. The molecule has 0 unspecified atom stereocenters. The molecule has 0 radical (unpaired) electrons. The van der Waals surface area contributed by atoms with Gasteiger partial charge in [0.05, 0.1) is 6.26 Å². The monoisotopic (exact) mass is 216 g/mol. The number of hydrogen-bond donors (Lipinski definition) is 1. The minimum atomic E-state index is -0.750. The molecule has 2 nitrogen and oxygen atoms in total. The Morgan fingerprint density at radius 1 is 1.45 bits per heavy atom. The van der Waals surface area contributed by atoms with E-state index in [-0.39, 0.29) is 6.61 Å². The van der Waals surface area contributed by atoms with Crippen molar-refractivity contribution < 1.29 is 9.52 Å². The maximum absolute atomic E-state index is 8.33. The smallest absolute Gasteiger partial charge is 0.180 e. The topological polar surface area (TPSA) is 33.4 Å². The first-order valence-corrected chi connectivity index (χ1v) is 4.03. The zero-order valence-corrected chi connectivity index (χ0v) is 7.77. The van der Waals surface area contributed by atoms with Gasteiger partial charge < -0.3 is 9.52 Å². The maximum Gasteiger partial charge on any atom is 0.180 e. The van der Waals surface area contributed by atoms with E-state index in [1.165, 1.54) is 6.26 Å². The second-order valence-corrected chi connectivity index (χ2v) is 3.46. The third-order valence-electron chi connectivity index (χ3n) is 0.736. The normalized spacial score (nSPS) is 9.18. The van der Waals surface area contributed by atoms with Crippen molar-refractivity contribution in [3.63, 3.8) is 0 Å². The van der Waals surface area contributed by atoms with Crippen LogP contribution >= 0.6 is 34.8 Å². The highest BCUT2D eigenvalue weighted by Crippen LogP contribution is 2.03. The Kier molecular flexibility index (Phi) is 6.87. The lowest BCUT2D eigenvalue weighted by Gasteiger charge is -1.79. The highest BCUT2D eigenvalue weighted by Gasteiger charge is 1.85. The van der Waals surface area contributed by atoms with E-state index in [1.54, 1.807) is 12.1 Å². The highest BCUT2D eigenvalue weighted by atomic mass is 35.6. The molecule has 5 heteroatoms. The molecule has 0 aliphatic carbocycles. The van der Waals surface area contributed by atoms with Crippen molar-refractivity contribution in [2.75, 3.05) is 0 Å². The molecule has 1 aromatic heterocycles. The van der Waals surface area contributed by atoms with Crippen LogP contribution in [0.3, 0.4) is 0 Å². The number of aliphatic hydroxyl groups excluding tert-OH is 1. The van der Waals surface area contributed by atoms with Crippen molar-refractivity contribution in [1.82, 2.24) is 0 Å². The van der Waals surface area contributed by atoms with Gasteiger partial charge in [0.2, 0.25) is 0 Å². The van der Waals surface area contributed by atoms with Gasteiger partial charge in [-0.1, -0.05) is 34.8 Å². The summed E-state index contributed by atoms with van der Waals surface area (Å²) in [4.78, 5) is 0. The molecule has 0 aliphatic rings. The van der Waals surface area contributed by atoms with Gasteiger partial charge in [-0.05, 0) is 12.1 Å². The minimum Gasteiger partial charge on any atom is -0.467 e. The molecule has 0 fully saturated rings. The molecule has 1 aromatic rings. The molecule has 1 N–H and O–H groups in total. The van der Waals surface area contributed by atoms with Crippen molar-refractivity contribution in [3.05, 3.63) is 24.2 Å². The molecule has 11 heavy (non-hydrogen) atoms. The first-order chi connectivity index (χ1) is 5.16. The summed E-state index contributed by atoms with van der Waals surface area (Å²) in [6, 6.07) is 3.46. The van der Waals surface area contributed by atoms with Gasteiger partial charge in [-0.15, -0.1) is 0 Å². The van der Waals surface area contributed by atoms with Gasteiger partial charge in [0.15, 0.2) is 4.30 Å². The summed E-state index contributed by atoms with van der Waals surface area (Å²) in [5.41, 5.74) is 0. The van der Waals surface area contributed by atoms with Crippen LogP contribution in [-0.4, -0.2) is 9.40 Å². The predicted molar refractivity (Wildman–Crippen MR) is 46.0 cm³/mol. The average molecular weight is 217 g/mol.